The Morgan fingerprint density at radius 1 is 1.12 bits per heavy atom. The van der Waals surface area contributed by atoms with E-state index in [2.05, 4.69) is 65.6 Å². The second kappa shape index (κ2) is 8.68. The van der Waals surface area contributed by atoms with Crippen LogP contribution in [0.25, 0.3) is 10.9 Å². The van der Waals surface area contributed by atoms with Crippen LogP contribution in [0.1, 0.15) is 12.5 Å². The fraction of sp³-hybridized carbons (Fsp3) is 0.318. The summed E-state index contributed by atoms with van der Waals surface area (Å²) in [6.45, 7) is 4.09. The first kappa shape index (κ1) is 18.2. The number of rotatable bonds is 8. The predicted octanol–water partition coefficient (Wildman–Crippen LogP) is 4.22. The summed E-state index contributed by atoms with van der Waals surface area (Å²) in [5.41, 5.74) is 3.38. The third-order valence-corrected chi connectivity index (χ3v) is 4.82. The van der Waals surface area contributed by atoms with Crippen molar-refractivity contribution in [3.8, 4) is 5.75 Å². The number of nitrogens with one attached hydrogen (secondary N) is 1. The molecule has 0 spiro atoms. The fourth-order valence-electron chi connectivity index (χ4n) is 3.12. The first-order chi connectivity index (χ1) is 12.7. The van der Waals surface area contributed by atoms with E-state index in [4.69, 9.17) is 4.74 Å². The Bertz CT molecular complexity index is 835. The smallest absolute Gasteiger partial charge is 0.121 e. The average molecular weight is 349 g/mol. The normalized spacial score (nSPS) is 12.3. The lowest BCUT2D eigenvalue weighted by molar-refractivity contribution is 0.266. The van der Waals surface area contributed by atoms with Crippen molar-refractivity contribution in [1.82, 2.24) is 9.88 Å². The molecule has 26 heavy (non-hydrogen) atoms. The maximum Gasteiger partial charge on any atom is 0.121 e. The molecule has 0 saturated heterocycles. The van der Waals surface area contributed by atoms with E-state index in [1.165, 1.54) is 5.56 Å². The Morgan fingerprint density at radius 2 is 1.92 bits per heavy atom. The predicted molar refractivity (Wildman–Crippen MR) is 109 cm³/mol. The van der Waals surface area contributed by atoms with Gasteiger partial charge in [-0.1, -0.05) is 36.4 Å². The molecule has 0 aliphatic heterocycles. The van der Waals surface area contributed by atoms with Crippen molar-refractivity contribution < 1.29 is 4.74 Å². The highest BCUT2D eigenvalue weighted by Gasteiger charge is 2.10. The third-order valence-electron chi connectivity index (χ3n) is 4.82. The number of fused-ring (bicyclic) bond motifs is 1. The number of benzene rings is 2. The molecule has 0 aliphatic carbocycles. The van der Waals surface area contributed by atoms with Crippen LogP contribution in [-0.2, 0) is 6.42 Å². The highest BCUT2D eigenvalue weighted by atomic mass is 16.5. The molecule has 0 unspecified atom stereocenters. The van der Waals surface area contributed by atoms with Gasteiger partial charge in [-0.05, 0) is 38.1 Å². The van der Waals surface area contributed by atoms with Crippen LogP contribution in [0.5, 0.6) is 5.75 Å². The van der Waals surface area contributed by atoms with Crippen molar-refractivity contribution in [3.05, 3.63) is 66.4 Å². The Morgan fingerprint density at radius 3 is 2.69 bits per heavy atom. The van der Waals surface area contributed by atoms with Crippen LogP contribution in [0.3, 0.4) is 0 Å². The molecule has 0 radical (unpaired) electrons. The minimum atomic E-state index is 0.486. The summed E-state index contributed by atoms with van der Waals surface area (Å²) in [6.07, 6.45) is 2.88. The van der Waals surface area contributed by atoms with Gasteiger partial charge in [0.2, 0.25) is 0 Å². The zero-order valence-corrected chi connectivity index (χ0v) is 15.8. The van der Waals surface area contributed by atoms with Gasteiger partial charge in [-0.15, -0.1) is 0 Å². The molecule has 3 rings (SSSR count). The van der Waals surface area contributed by atoms with E-state index in [0.717, 1.165) is 41.9 Å². The van der Waals surface area contributed by atoms with Crippen molar-refractivity contribution in [2.24, 2.45) is 0 Å². The number of aromatic nitrogens is 1. The van der Waals surface area contributed by atoms with Crippen LogP contribution in [0.15, 0.2) is 60.8 Å². The van der Waals surface area contributed by atoms with Gasteiger partial charge >= 0.3 is 0 Å². The van der Waals surface area contributed by atoms with Gasteiger partial charge in [0, 0.05) is 36.8 Å². The second-order valence-corrected chi connectivity index (χ2v) is 6.70. The molecule has 3 aromatic rings. The van der Waals surface area contributed by atoms with Gasteiger partial charge in [-0.25, -0.2) is 0 Å². The van der Waals surface area contributed by atoms with Gasteiger partial charge in [-0.3, -0.25) is 4.98 Å². The summed E-state index contributed by atoms with van der Waals surface area (Å²) in [7, 11) is 3.87. The van der Waals surface area contributed by atoms with Gasteiger partial charge < -0.3 is 15.0 Å². The molecule has 0 aliphatic rings. The molecular formula is C22H27N3O. The van der Waals surface area contributed by atoms with E-state index in [-0.39, 0.29) is 0 Å². The van der Waals surface area contributed by atoms with Crippen LogP contribution in [0, 0.1) is 0 Å². The van der Waals surface area contributed by atoms with Gasteiger partial charge in [0.1, 0.15) is 5.75 Å². The van der Waals surface area contributed by atoms with Gasteiger partial charge in [0.05, 0.1) is 18.3 Å². The van der Waals surface area contributed by atoms with Gasteiger partial charge in [0.15, 0.2) is 0 Å². The minimum absolute atomic E-state index is 0.486. The molecular weight excluding hydrogens is 322 g/mol. The van der Waals surface area contributed by atoms with Gasteiger partial charge in [0.25, 0.3) is 0 Å². The summed E-state index contributed by atoms with van der Waals surface area (Å²) < 4.78 is 5.42. The van der Waals surface area contributed by atoms with E-state index >= 15 is 0 Å². The summed E-state index contributed by atoms with van der Waals surface area (Å²) >= 11 is 0. The first-order valence-electron chi connectivity index (χ1n) is 9.08. The van der Waals surface area contributed by atoms with Crippen molar-refractivity contribution in [2.75, 3.05) is 32.6 Å². The van der Waals surface area contributed by atoms with E-state index in [1.807, 2.05) is 24.4 Å². The number of nitrogens with zero attached hydrogens (tertiary/aromatic N) is 2. The summed E-state index contributed by atoms with van der Waals surface area (Å²) in [5, 5.41) is 4.61. The van der Waals surface area contributed by atoms with Crippen LogP contribution in [0.2, 0.25) is 0 Å². The van der Waals surface area contributed by atoms with Crippen LogP contribution in [-0.4, -0.2) is 43.2 Å². The summed E-state index contributed by atoms with van der Waals surface area (Å²) in [4.78, 5) is 6.90. The lowest BCUT2D eigenvalue weighted by Gasteiger charge is -2.25. The number of hydrogen-bond acceptors (Lipinski definition) is 4. The van der Waals surface area contributed by atoms with Crippen molar-refractivity contribution in [3.63, 3.8) is 0 Å². The highest BCUT2D eigenvalue weighted by Crippen LogP contribution is 2.27. The van der Waals surface area contributed by atoms with Crippen LogP contribution in [0.4, 0.5) is 5.69 Å². The molecule has 136 valence electrons. The Kier molecular flexibility index (Phi) is 6.08. The maximum absolute atomic E-state index is 5.42. The maximum atomic E-state index is 5.42. The highest BCUT2D eigenvalue weighted by molar-refractivity contribution is 5.91. The SMILES string of the molecule is COc1cc(NCCN(C)[C@@H](C)Cc2ccccc2)c2ncccc2c1. The first-order valence-corrected chi connectivity index (χ1v) is 9.08. The molecule has 2 aromatic carbocycles. The Balaban J connectivity index is 1.60. The van der Waals surface area contributed by atoms with E-state index < -0.39 is 0 Å². The molecule has 4 heteroatoms. The summed E-state index contributed by atoms with van der Waals surface area (Å²) in [6, 6.07) is 19.2. The quantitative estimate of drug-likeness (QED) is 0.661. The van der Waals surface area contributed by atoms with Crippen molar-refractivity contribution in [1.29, 1.82) is 0 Å². The zero-order valence-electron chi connectivity index (χ0n) is 15.8. The third kappa shape index (κ3) is 4.52. The molecule has 1 heterocycles. The topological polar surface area (TPSA) is 37.4 Å². The molecule has 1 N–H and O–H groups in total. The van der Waals surface area contributed by atoms with Crippen LogP contribution >= 0.6 is 0 Å². The monoisotopic (exact) mass is 349 g/mol. The number of likely N-dealkylation sites (N-methyl/N-ethyl adjacent to an activating group) is 1. The molecule has 0 fully saturated rings. The molecule has 1 atom stereocenters. The molecule has 0 amide bonds. The average Bonchev–Trinajstić information content (AvgIpc) is 2.68. The number of ether oxygens (including phenoxy) is 1. The molecule has 0 bridgehead atoms. The number of hydrogen-bond donors (Lipinski definition) is 1. The van der Waals surface area contributed by atoms with E-state index in [1.54, 1.807) is 7.11 Å². The van der Waals surface area contributed by atoms with Gasteiger partial charge in [-0.2, -0.15) is 0 Å². The number of anilines is 1. The minimum Gasteiger partial charge on any atom is -0.497 e. The molecule has 1 aromatic heterocycles. The van der Waals surface area contributed by atoms with Crippen molar-refractivity contribution in [2.45, 2.75) is 19.4 Å². The lowest BCUT2D eigenvalue weighted by atomic mass is 10.1. The van der Waals surface area contributed by atoms with Crippen molar-refractivity contribution >= 4 is 16.6 Å². The largest absolute Gasteiger partial charge is 0.497 e. The molecule has 0 saturated carbocycles. The van der Waals surface area contributed by atoms with Crippen LogP contribution < -0.4 is 10.1 Å². The Labute approximate surface area is 155 Å². The summed E-state index contributed by atoms with van der Waals surface area (Å²) in [5.74, 6) is 0.846. The zero-order chi connectivity index (χ0) is 18.4. The number of pyridine rings is 1. The van der Waals surface area contributed by atoms with E-state index in [9.17, 15) is 0 Å². The fourth-order valence-corrected chi connectivity index (χ4v) is 3.12. The Hall–Kier alpha value is -2.59. The number of methoxy groups -OCH3 is 1. The van der Waals surface area contributed by atoms with E-state index in [0.29, 0.717) is 6.04 Å². The second-order valence-electron chi connectivity index (χ2n) is 6.70. The lowest BCUT2D eigenvalue weighted by Crippen LogP contribution is -2.34. The standard InChI is InChI=1S/C22H27N3O/c1-17(14-18-8-5-4-6-9-18)25(2)13-12-23-21-16-20(26-3)15-19-10-7-11-24-22(19)21/h4-11,15-17,23H,12-14H2,1-3H3/t17-/m0/s1. The molecule has 4 nitrogen and oxygen atoms in total.